The van der Waals surface area contributed by atoms with Gasteiger partial charge in [0.1, 0.15) is 11.4 Å². The first-order chi connectivity index (χ1) is 7.66. The lowest BCUT2D eigenvalue weighted by Gasteiger charge is -1.96. The van der Waals surface area contributed by atoms with Crippen molar-refractivity contribution < 1.29 is 14.7 Å². The minimum absolute atomic E-state index is 0.0893. The Hall–Kier alpha value is -2.22. The molecule has 0 aliphatic heterocycles. The standard InChI is InChI=1S/C8H6N4O3S/c13-7(5-2-16-3-9-5)10-6-1-4(8(14)15)11-12-6/h1-3H,(H,14,15)(H2,10,11,12,13). The summed E-state index contributed by atoms with van der Waals surface area (Å²) in [6.45, 7) is 0. The molecular formula is C8H6N4O3S. The van der Waals surface area contributed by atoms with E-state index in [0.717, 1.165) is 0 Å². The van der Waals surface area contributed by atoms with Gasteiger partial charge in [-0.3, -0.25) is 9.89 Å². The molecule has 0 radical (unpaired) electrons. The lowest BCUT2D eigenvalue weighted by Crippen LogP contribution is -2.12. The van der Waals surface area contributed by atoms with E-state index in [2.05, 4.69) is 20.5 Å². The van der Waals surface area contributed by atoms with Gasteiger partial charge in [0, 0.05) is 11.4 Å². The minimum Gasteiger partial charge on any atom is -0.477 e. The highest BCUT2D eigenvalue weighted by Crippen LogP contribution is 2.08. The summed E-state index contributed by atoms with van der Waals surface area (Å²) in [6.07, 6.45) is 0. The maximum Gasteiger partial charge on any atom is 0.353 e. The zero-order valence-electron chi connectivity index (χ0n) is 7.80. The number of nitrogens with one attached hydrogen (secondary N) is 2. The Balaban J connectivity index is 2.09. The van der Waals surface area contributed by atoms with E-state index in [0.29, 0.717) is 0 Å². The maximum atomic E-state index is 11.5. The molecule has 0 unspecified atom stereocenters. The Morgan fingerprint density at radius 3 is 2.88 bits per heavy atom. The van der Waals surface area contributed by atoms with Crippen LogP contribution in [0.5, 0.6) is 0 Å². The Bertz CT molecular complexity index is 519. The molecule has 82 valence electrons. The predicted octanol–water partition coefficient (Wildman–Crippen LogP) is 0.817. The van der Waals surface area contributed by atoms with Crippen LogP contribution >= 0.6 is 11.3 Å². The topological polar surface area (TPSA) is 108 Å². The molecule has 16 heavy (non-hydrogen) atoms. The molecule has 2 aromatic heterocycles. The second-order valence-corrected chi connectivity index (χ2v) is 3.52. The first kappa shape index (κ1) is 10.3. The summed E-state index contributed by atoms with van der Waals surface area (Å²) in [7, 11) is 0. The highest BCUT2D eigenvalue weighted by atomic mass is 32.1. The molecule has 0 saturated heterocycles. The summed E-state index contributed by atoms with van der Waals surface area (Å²) in [4.78, 5) is 25.8. The van der Waals surface area contributed by atoms with Crippen LogP contribution in [0.25, 0.3) is 0 Å². The fraction of sp³-hybridized carbons (Fsp3) is 0. The van der Waals surface area contributed by atoms with Gasteiger partial charge in [-0.15, -0.1) is 11.3 Å². The average Bonchev–Trinajstić information content (AvgIpc) is 2.87. The van der Waals surface area contributed by atoms with Gasteiger partial charge in [-0.05, 0) is 0 Å². The van der Waals surface area contributed by atoms with Crippen molar-refractivity contribution in [3.05, 3.63) is 28.3 Å². The smallest absolute Gasteiger partial charge is 0.353 e. The number of anilines is 1. The van der Waals surface area contributed by atoms with Crippen LogP contribution in [0.4, 0.5) is 5.82 Å². The number of thiazole rings is 1. The van der Waals surface area contributed by atoms with E-state index in [1.54, 1.807) is 5.38 Å². The van der Waals surface area contributed by atoms with Crippen molar-refractivity contribution in [2.45, 2.75) is 0 Å². The van der Waals surface area contributed by atoms with Crippen molar-refractivity contribution >= 4 is 29.0 Å². The largest absolute Gasteiger partial charge is 0.477 e. The third kappa shape index (κ3) is 2.06. The summed E-state index contributed by atoms with van der Waals surface area (Å²) >= 11 is 1.29. The molecule has 2 heterocycles. The molecule has 7 nitrogen and oxygen atoms in total. The summed E-state index contributed by atoms with van der Waals surface area (Å²) in [5, 5.41) is 18.5. The van der Waals surface area contributed by atoms with Crippen LogP contribution in [-0.4, -0.2) is 32.2 Å². The lowest BCUT2D eigenvalue weighted by atomic mass is 10.4. The molecule has 0 aliphatic carbocycles. The monoisotopic (exact) mass is 238 g/mol. The molecule has 2 rings (SSSR count). The van der Waals surface area contributed by atoms with Crippen LogP contribution in [-0.2, 0) is 0 Å². The molecule has 0 aliphatic rings. The van der Waals surface area contributed by atoms with E-state index in [1.807, 2.05) is 0 Å². The Morgan fingerprint density at radius 2 is 2.31 bits per heavy atom. The molecule has 2 aromatic rings. The number of nitrogens with zero attached hydrogens (tertiary/aromatic N) is 2. The number of aromatic nitrogens is 3. The fourth-order valence-electron chi connectivity index (χ4n) is 1.00. The van der Waals surface area contributed by atoms with Gasteiger partial charge in [0.15, 0.2) is 5.82 Å². The molecule has 0 spiro atoms. The summed E-state index contributed by atoms with van der Waals surface area (Å²) in [6, 6.07) is 1.23. The fourth-order valence-corrected chi connectivity index (χ4v) is 1.53. The number of H-pyrrole nitrogens is 1. The van der Waals surface area contributed by atoms with Crippen LogP contribution in [0.3, 0.4) is 0 Å². The van der Waals surface area contributed by atoms with Crippen LogP contribution in [0.15, 0.2) is 17.0 Å². The third-order valence-corrected chi connectivity index (χ3v) is 2.30. The highest BCUT2D eigenvalue weighted by molar-refractivity contribution is 7.07. The number of carboxylic acid groups (broad SMARTS) is 1. The molecule has 0 saturated carbocycles. The van der Waals surface area contributed by atoms with Crippen LogP contribution in [0.2, 0.25) is 0 Å². The molecule has 0 atom stereocenters. The number of carbonyl (C=O) groups excluding carboxylic acids is 1. The number of carbonyl (C=O) groups is 2. The van der Waals surface area contributed by atoms with Gasteiger partial charge in [-0.25, -0.2) is 9.78 Å². The zero-order valence-corrected chi connectivity index (χ0v) is 8.61. The van der Waals surface area contributed by atoms with Crippen molar-refractivity contribution in [3.8, 4) is 0 Å². The normalized spacial score (nSPS) is 10.0. The van der Waals surface area contributed by atoms with Crippen molar-refractivity contribution in [1.82, 2.24) is 15.2 Å². The van der Waals surface area contributed by atoms with E-state index in [1.165, 1.54) is 22.9 Å². The van der Waals surface area contributed by atoms with Crippen molar-refractivity contribution in [2.24, 2.45) is 0 Å². The molecule has 3 N–H and O–H groups in total. The average molecular weight is 238 g/mol. The predicted molar refractivity (Wildman–Crippen MR) is 55.6 cm³/mol. The number of aromatic amines is 1. The number of rotatable bonds is 3. The van der Waals surface area contributed by atoms with E-state index in [4.69, 9.17) is 5.11 Å². The van der Waals surface area contributed by atoms with Crippen molar-refractivity contribution in [3.63, 3.8) is 0 Å². The maximum absolute atomic E-state index is 11.5. The third-order valence-electron chi connectivity index (χ3n) is 1.71. The van der Waals surface area contributed by atoms with E-state index in [-0.39, 0.29) is 17.2 Å². The van der Waals surface area contributed by atoms with Gasteiger partial charge in [0.05, 0.1) is 5.51 Å². The van der Waals surface area contributed by atoms with E-state index >= 15 is 0 Å². The second-order valence-electron chi connectivity index (χ2n) is 2.80. The Kier molecular flexibility index (Phi) is 2.64. The Labute approximate surface area is 93.1 Å². The van der Waals surface area contributed by atoms with Crippen LogP contribution in [0, 0.1) is 0 Å². The van der Waals surface area contributed by atoms with Gasteiger partial charge in [-0.2, -0.15) is 5.10 Å². The van der Waals surface area contributed by atoms with Gasteiger partial charge < -0.3 is 10.4 Å². The van der Waals surface area contributed by atoms with Crippen LogP contribution in [0.1, 0.15) is 21.0 Å². The highest BCUT2D eigenvalue weighted by Gasteiger charge is 2.12. The van der Waals surface area contributed by atoms with E-state index in [9.17, 15) is 9.59 Å². The van der Waals surface area contributed by atoms with Gasteiger partial charge in [0.2, 0.25) is 0 Å². The van der Waals surface area contributed by atoms with Crippen molar-refractivity contribution in [2.75, 3.05) is 5.32 Å². The summed E-state index contributed by atoms with van der Waals surface area (Å²) < 4.78 is 0. The van der Waals surface area contributed by atoms with Gasteiger partial charge >= 0.3 is 5.97 Å². The number of hydrogen-bond donors (Lipinski definition) is 3. The van der Waals surface area contributed by atoms with Gasteiger partial charge in [-0.1, -0.05) is 0 Å². The van der Waals surface area contributed by atoms with Gasteiger partial charge in [0.25, 0.3) is 5.91 Å². The quantitative estimate of drug-likeness (QED) is 0.733. The molecular weight excluding hydrogens is 232 g/mol. The molecule has 0 fully saturated rings. The minimum atomic E-state index is -1.14. The van der Waals surface area contributed by atoms with Crippen molar-refractivity contribution in [1.29, 1.82) is 0 Å². The zero-order chi connectivity index (χ0) is 11.5. The number of amides is 1. The lowest BCUT2D eigenvalue weighted by molar-refractivity contribution is 0.0690. The van der Waals surface area contributed by atoms with E-state index < -0.39 is 11.9 Å². The first-order valence-electron chi connectivity index (χ1n) is 4.15. The summed E-state index contributed by atoms with van der Waals surface area (Å²) in [5.41, 5.74) is 1.71. The summed E-state index contributed by atoms with van der Waals surface area (Å²) in [5.74, 6) is -1.42. The SMILES string of the molecule is O=C(Nc1cc(C(=O)O)[nH]n1)c1cscn1. The molecule has 0 aromatic carbocycles. The Morgan fingerprint density at radius 1 is 1.50 bits per heavy atom. The second kappa shape index (κ2) is 4.11. The molecule has 8 heteroatoms. The molecule has 1 amide bonds. The first-order valence-corrected chi connectivity index (χ1v) is 5.09. The molecule has 0 bridgehead atoms. The van der Waals surface area contributed by atoms with Crippen LogP contribution < -0.4 is 5.32 Å². The number of carboxylic acids is 1. The number of hydrogen-bond acceptors (Lipinski definition) is 5. The number of aromatic carboxylic acids is 1.